The first-order valence-electron chi connectivity index (χ1n) is 7.69. The number of ether oxygens (including phenoxy) is 1. The number of carbonyl (C=O) groups excluding carboxylic acids is 2. The summed E-state index contributed by atoms with van der Waals surface area (Å²) in [7, 11) is 1.87. The fraction of sp³-hybridized carbons (Fsp3) is 0.222. The van der Waals surface area contributed by atoms with Gasteiger partial charge in [-0.3, -0.25) is 19.4 Å². The van der Waals surface area contributed by atoms with Crippen molar-refractivity contribution < 1.29 is 14.3 Å². The second kappa shape index (κ2) is 7.56. The van der Waals surface area contributed by atoms with Gasteiger partial charge in [0.2, 0.25) is 0 Å². The smallest absolute Gasteiger partial charge is 0.300 e. The highest BCUT2D eigenvalue weighted by molar-refractivity contribution is 9.10. The van der Waals surface area contributed by atoms with E-state index in [2.05, 4.69) is 15.9 Å². The Morgan fingerprint density at radius 2 is 1.96 bits per heavy atom. The van der Waals surface area contributed by atoms with Gasteiger partial charge in [0.05, 0.1) is 17.9 Å². The maximum Gasteiger partial charge on any atom is 0.300 e. The van der Waals surface area contributed by atoms with Gasteiger partial charge in [0.15, 0.2) is 0 Å². The summed E-state index contributed by atoms with van der Waals surface area (Å²) in [4.78, 5) is 27.8. The lowest BCUT2D eigenvalue weighted by atomic mass is 10.1. The Morgan fingerprint density at radius 3 is 2.72 bits per heavy atom. The van der Waals surface area contributed by atoms with Crippen LogP contribution in [0.4, 0.5) is 5.69 Å². The number of nitrogens with zero attached hydrogens (tertiary/aromatic N) is 2. The number of ketones is 1. The van der Waals surface area contributed by atoms with Gasteiger partial charge >= 0.3 is 5.91 Å². The first-order valence-corrected chi connectivity index (χ1v) is 8.86. The number of carbonyl (C=O) groups is 2. The second-order valence-electron chi connectivity index (χ2n) is 5.72. The third kappa shape index (κ3) is 3.86. The van der Waals surface area contributed by atoms with Crippen LogP contribution >= 0.6 is 27.5 Å². The zero-order valence-electron chi connectivity index (χ0n) is 13.5. The Balaban J connectivity index is 1.60. The molecule has 25 heavy (non-hydrogen) atoms. The summed E-state index contributed by atoms with van der Waals surface area (Å²) in [6.07, 6.45) is 0. The van der Waals surface area contributed by atoms with Crippen molar-refractivity contribution in [2.75, 3.05) is 31.8 Å². The summed E-state index contributed by atoms with van der Waals surface area (Å²) in [5.74, 6) is -0.293. The summed E-state index contributed by atoms with van der Waals surface area (Å²) in [6, 6.07) is 12.5. The van der Waals surface area contributed by atoms with E-state index >= 15 is 0 Å². The van der Waals surface area contributed by atoms with Gasteiger partial charge in [0.1, 0.15) is 12.4 Å². The molecule has 0 bridgehead atoms. The number of hydrogen-bond donors (Lipinski definition) is 0. The number of amides is 1. The SMILES string of the molecule is CN(CCOc1cccc(Cl)c1)CN1C(=O)C(=O)c2c(Br)cccc21. The van der Waals surface area contributed by atoms with E-state index in [1.807, 2.05) is 30.1 Å². The normalized spacial score (nSPS) is 13.5. The molecule has 0 saturated heterocycles. The molecule has 1 heterocycles. The molecule has 1 amide bonds. The van der Waals surface area contributed by atoms with Gasteiger partial charge in [-0.25, -0.2) is 0 Å². The molecule has 0 unspecified atom stereocenters. The predicted octanol–water partition coefficient (Wildman–Crippen LogP) is 3.60. The minimum Gasteiger partial charge on any atom is -0.492 e. The van der Waals surface area contributed by atoms with Crippen LogP contribution in [0, 0.1) is 0 Å². The van der Waals surface area contributed by atoms with Crippen LogP contribution in [0.3, 0.4) is 0 Å². The van der Waals surface area contributed by atoms with Crippen LogP contribution in [-0.4, -0.2) is 43.5 Å². The Labute approximate surface area is 159 Å². The fourth-order valence-corrected chi connectivity index (χ4v) is 3.35. The van der Waals surface area contributed by atoms with Gasteiger partial charge in [0, 0.05) is 16.0 Å². The molecule has 0 radical (unpaired) electrons. The Morgan fingerprint density at radius 1 is 1.20 bits per heavy atom. The molecule has 0 spiro atoms. The van der Waals surface area contributed by atoms with E-state index < -0.39 is 11.7 Å². The molecule has 5 nitrogen and oxygen atoms in total. The molecule has 2 aromatic rings. The molecule has 1 aliphatic rings. The number of rotatable bonds is 6. The number of halogens is 2. The van der Waals surface area contributed by atoms with Crippen molar-refractivity contribution in [1.82, 2.24) is 4.90 Å². The number of Topliss-reactive ketones (excluding diaryl/α,β-unsaturated/α-hetero) is 1. The Kier molecular flexibility index (Phi) is 5.42. The summed E-state index contributed by atoms with van der Waals surface area (Å²) in [5.41, 5.74) is 1.06. The molecular formula is C18H16BrClN2O3. The highest BCUT2D eigenvalue weighted by atomic mass is 79.9. The molecule has 2 aromatic carbocycles. The zero-order chi connectivity index (χ0) is 18.0. The third-order valence-corrected chi connectivity index (χ3v) is 4.77. The number of anilines is 1. The predicted molar refractivity (Wildman–Crippen MR) is 100 cm³/mol. The second-order valence-corrected chi connectivity index (χ2v) is 7.01. The molecule has 0 atom stereocenters. The monoisotopic (exact) mass is 422 g/mol. The van der Waals surface area contributed by atoms with E-state index in [0.29, 0.717) is 46.3 Å². The van der Waals surface area contributed by atoms with E-state index in [1.54, 1.807) is 24.3 Å². The molecule has 7 heteroatoms. The van der Waals surface area contributed by atoms with Crippen LogP contribution in [0.2, 0.25) is 5.02 Å². The number of benzene rings is 2. The van der Waals surface area contributed by atoms with Crippen LogP contribution in [0.25, 0.3) is 0 Å². The molecule has 3 rings (SSSR count). The minimum absolute atomic E-state index is 0.312. The zero-order valence-corrected chi connectivity index (χ0v) is 15.9. The van der Waals surface area contributed by atoms with E-state index in [1.165, 1.54) is 4.90 Å². The van der Waals surface area contributed by atoms with Crippen molar-refractivity contribution in [1.29, 1.82) is 0 Å². The molecule has 0 aliphatic carbocycles. The number of likely N-dealkylation sites (N-methyl/N-ethyl adjacent to an activating group) is 1. The van der Waals surface area contributed by atoms with Crippen LogP contribution in [0.1, 0.15) is 10.4 Å². The minimum atomic E-state index is -0.510. The van der Waals surface area contributed by atoms with Crippen molar-refractivity contribution >= 4 is 44.9 Å². The first-order chi connectivity index (χ1) is 12.0. The lowest BCUT2D eigenvalue weighted by Crippen LogP contribution is -2.40. The van der Waals surface area contributed by atoms with E-state index in [4.69, 9.17) is 16.3 Å². The van der Waals surface area contributed by atoms with Crippen molar-refractivity contribution in [3.63, 3.8) is 0 Å². The van der Waals surface area contributed by atoms with Gasteiger partial charge in [0.25, 0.3) is 5.78 Å². The van der Waals surface area contributed by atoms with Crippen LogP contribution in [0.5, 0.6) is 5.75 Å². The molecule has 130 valence electrons. The average molecular weight is 424 g/mol. The topological polar surface area (TPSA) is 49.9 Å². The number of hydrogen-bond acceptors (Lipinski definition) is 4. The lowest BCUT2D eigenvalue weighted by Gasteiger charge is -2.24. The van der Waals surface area contributed by atoms with E-state index in [-0.39, 0.29) is 0 Å². The maximum atomic E-state index is 12.3. The summed E-state index contributed by atoms with van der Waals surface area (Å²) in [5, 5.41) is 0.620. The summed E-state index contributed by atoms with van der Waals surface area (Å²) < 4.78 is 6.29. The van der Waals surface area contributed by atoms with Gasteiger partial charge in [-0.2, -0.15) is 0 Å². The average Bonchev–Trinajstić information content (AvgIpc) is 2.81. The fourth-order valence-electron chi connectivity index (χ4n) is 2.63. The molecule has 0 N–H and O–H groups in total. The van der Waals surface area contributed by atoms with Crippen molar-refractivity contribution in [2.24, 2.45) is 0 Å². The maximum absolute atomic E-state index is 12.3. The Hall–Kier alpha value is -1.89. The van der Waals surface area contributed by atoms with Gasteiger partial charge in [-0.05, 0) is 53.3 Å². The van der Waals surface area contributed by atoms with Crippen molar-refractivity contribution in [3.8, 4) is 5.75 Å². The molecular weight excluding hydrogens is 408 g/mol. The third-order valence-electron chi connectivity index (χ3n) is 3.87. The quantitative estimate of drug-likeness (QED) is 0.666. The standard InChI is InChI=1S/C18H16BrClN2O3/c1-21(8-9-25-13-5-2-4-12(20)10-13)11-22-15-7-3-6-14(19)16(15)17(23)18(22)24/h2-7,10H,8-9,11H2,1H3. The molecule has 0 aromatic heterocycles. The molecule has 0 fully saturated rings. The Bertz CT molecular complexity index is 828. The van der Waals surface area contributed by atoms with Crippen molar-refractivity contribution in [3.05, 3.63) is 57.5 Å². The van der Waals surface area contributed by atoms with Gasteiger partial charge in [-0.15, -0.1) is 0 Å². The van der Waals surface area contributed by atoms with E-state index in [0.717, 1.165) is 0 Å². The molecule has 0 saturated carbocycles. The van der Waals surface area contributed by atoms with E-state index in [9.17, 15) is 9.59 Å². The first kappa shape index (κ1) is 17.9. The lowest BCUT2D eigenvalue weighted by molar-refractivity contribution is -0.114. The largest absolute Gasteiger partial charge is 0.492 e. The highest BCUT2D eigenvalue weighted by Crippen LogP contribution is 2.34. The van der Waals surface area contributed by atoms with Crippen LogP contribution in [0.15, 0.2) is 46.9 Å². The highest BCUT2D eigenvalue weighted by Gasteiger charge is 2.37. The summed E-state index contributed by atoms with van der Waals surface area (Å²) >= 11 is 9.26. The molecule has 1 aliphatic heterocycles. The van der Waals surface area contributed by atoms with Crippen LogP contribution in [-0.2, 0) is 4.79 Å². The van der Waals surface area contributed by atoms with Crippen molar-refractivity contribution in [2.45, 2.75) is 0 Å². The number of fused-ring (bicyclic) bond motifs is 1. The van der Waals surface area contributed by atoms with Gasteiger partial charge < -0.3 is 4.74 Å². The van der Waals surface area contributed by atoms with Crippen LogP contribution < -0.4 is 9.64 Å². The summed E-state index contributed by atoms with van der Waals surface area (Å²) in [6.45, 7) is 1.35. The van der Waals surface area contributed by atoms with Gasteiger partial charge in [-0.1, -0.05) is 23.7 Å².